The van der Waals surface area contributed by atoms with Gasteiger partial charge in [-0.2, -0.15) is 43.5 Å². The molecular weight excluding hydrogens is 650 g/mol. The normalized spacial score (nSPS) is 14.4. The molecule has 0 atom stereocenters. The van der Waals surface area contributed by atoms with Crippen molar-refractivity contribution in [2.24, 2.45) is 0 Å². The molecule has 0 aliphatic carbocycles. The molecule has 0 heterocycles. The summed E-state index contributed by atoms with van der Waals surface area (Å²) in [5, 5.41) is -16.3. The lowest BCUT2D eigenvalue weighted by Crippen LogP contribution is -2.56. The number of hydrogen-bond acceptors (Lipinski definition) is 8. The molecule has 1 N–H and O–H groups in total. The first-order valence-electron chi connectivity index (χ1n) is 9.15. The zero-order valence-corrected chi connectivity index (χ0v) is 21.2. The van der Waals surface area contributed by atoms with Crippen LogP contribution in [0.1, 0.15) is 0 Å². The Morgan fingerprint density at radius 2 is 1.18 bits per heavy atom. The molecule has 0 amide bonds. The quantitative estimate of drug-likeness (QED) is 0.210. The van der Waals surface area contributed by atoms with Crippen molar-refractivity contribution in [2.75, 3.05) is 5.08 Å². The van der Waals surface area contributed by atoms with Crippen molar-refractivity contribution >= 4 is 41.6 Å². The second-order valence-electron chi connectivity index (χ2n) is 7.09. The van der Waals surface area contributed by atoms with Crippen LogP contribution in [0, 0.1) is 11.6 Å². The van der Waals surface area contributed by atoms with Crippen LogP contribution in [-0.2, 0) is 34.5 Å². The Kier molecular flexibility index (Phi) is 8.78. The smallest absolute Gasteiger partial charge is 0.282 e. The van der Waals surface area contributed by atoms with Crippen LogP contribution in [0.25, 0.3) is 0 Å². The van der Waals surface area contributed by atoms with Gasteiger partial charge < -0.3 is 0 Å². The third-order valence-corrected chi connectivity index (χ3v) is 10.9. The third-order valence-electron chi connectivity index (χ3n) is 4.25. The summed E-state index contributed by atoms with van der Waals surface area (Å²) in [6, 6.07) is 3.16. The summed E-state index contributed by atoms with van der Waals surface area (Å²) in [6.07, 6.45) is -13.9. The van der Waals surface area contributed by atoms with Crippen molar-refractivity contribution in [3.8, 4) is 0 Å². The topological polar surface area (TPSA) is 132 Å². The molecule has 22 heteroatoms. The summed E-state index contributed by atoms with van der Waals surface area (Å²) in [7, 11) is -18.7. The molecule has 0 bridgehead atoms. The first-order chi connectivity index (χ1) is 17.3. The number of rotatable bonds is 11. The molecule has 2 aromatic carbocycles. The average Bonchev–Trinajstić information content (AvgIpc) is 2.74. The van der Waals surface area contributed by atoms with Crippen LogP contribution in [0.2, 0.25) is 0 Å². The first kappa shape index (κ1) is 33.1. The van der Waals surface area contributed by atoms with Gasteiger partial charge in [0.25, 0.3) is 10.1 Å². The molecule has 0 aliphatic heterocycles. The number of hydrogen-bond donors (Lipinski definition) is 1. The van der Waals surface area contributed by atoms with E-state index in [9.17, 15) is 69.2 Å². The monoisotopic (exact) mass is 660 g/mol. The molecule has 0 fully saturated rings. The van der Waals surface area contributed by atoms with E-state index in [0.29, 0.717) is 18.2 Å². The lowest BCUT2D eigenvalue weighted by atomic mass is 10.3. The summed E-state index contributed by atoms with van der Waals surface area (Å²) in [6.45, 7) is 0. The van der Waals surface area contributed by atoms with Crippen molar-refractivity contribution in [1.29, 1.82) is 0 Å². The largest absolute Gasteiger partial charge is 0.439 e. The van der Waals surface area contributed by atoms with Crippen molar-refractivity contribution in [1.82, 2.24) is 0 Å². The Morgan fingerprint density at radius 3 is 1.64 bits per heavy atom. The molecule has 0 aromatic heterocycles. The Bertz CT molecular complexity index is 1560. The van der Waals surface area contributed by atoms with Gasteiger partial charge in [0.05, 0.1) is 9.79 Å². The second-order valence-corrected chi connectivity index (χ2v) is 14.0. The highest BCUT2D eigenvalue weighted by atomic mass is 32.3. The van der Waals surface area contributed by atoms with E-state index in [1.165, 1.54) is 0 Å². The van der Waals surface area contributed by atoms with Crippen LogP contribution in [0.15, 0.2) is 57.2 Å². The van der Waals surface area contributed by atoms with Crippen molar-refractivity contribution in [3.05, 3.63) is 54.1 Å². The molecule has 0 unspecified atom stereocenters. The Morgan fingerprint density at radius 1 is 0.718 bits per heavy atom. The third kappa shape index (κ3) is 6.61. The SMILES string of the molecule is O=S(=O)(O)c1ccccc1S(=O)(=O)CS(=O)(=O)C(F)(F)C(F)(F)OC(F)(F)C(F)(F)Sc1c(F)cccc1F. The summed E-state index contributed by atoms with van der Waals surface area (Å²) in [5.41, 5.74) is 0. The van der Waals surface area contributed by atoms with Crippen molar-refractivity contribution in [3.63, 3.8) is 0 Å². The van der Waals surface area contributed by atoms with Gasteiger partial charge in [-0.15, -0.1) is 0 Å². The van der Waals surface area contributed by atoms with Crippen LogP contribution < -0.4 is 0 Å². The maximum atomic E-state index is 14.2. The number of ether oxygens (including phenoxy) is 1. The molecule has 39 heavy (non-hydrogen) atoms. The van der Waals surface area contributed by atoms with Gasteiger partial charge in [0.1, 0.15) is 16.5 Å². The second kappa shape index (κ2) is 10.4. The van der Waals surface area contributed by atoms with Gasteiger partial charge in [-0.25, -0.2) is 30.4 Å². The van der Waals surface area contributed by atoms with Gasteiger partial charge in [0.2, 0.25) is 9.84 Å². The van der Waals surface area contributed by atoms with Gasteiger partial charge in [0, 0.05) is 0 Å². The van der Waals surface area contributed by atoms with Crippen molar-refractivity contribution in [2.45, 2.75) is 37.4 Å². The molecule has 0 saturated carbocycles. The maximum absolute atomic E-state index is 14.2. The zero-order valence-electron chi connectivity index (χ0n) is 18.0. The molecule has 0 spiro atoms. The van der Waals surface area contributed by atoms with E-state index in [4.69, 9.17) is 4.55 Å². The minimum absolute atomic E-state index is 0.245. The first-order valence-corrected chi connectivity index (χ1v) is 14.7. The lowest BCUT2D eigenvalue weighted by Gasteiger charge is -2.32. The molecule has 2 aromatic rings. The van der Waals surface area contributed by atoms with E-state index in [2.05, 4.69) is 4.74 Å². The van der Waals surface area contributed by atoms with E-state index in [0.717, 1.165) is 6.07 Å². The van der Waals surface area contributed by atoms with Gasteiger partial charge in [-0.1, -0.05) is 18.2 Å². The number of benzene rings is 2. The number of halogens is 10. The Balaban J connectivity index is 2.45. The van der Waals surface area contributed by atoms with Crippen LogP contribution in [0.4, 0.5) is 43.9 Å². The Labute approximate surface area is 216 Å². The predicted molar refractivity (Wildman–Crippen MR) is 110 cm³/mol. The van der Waals surface area contributed by atoms with E-state index in [-0.39, 0.29) is 18.2 Å². The van der Waals surface area contributed by atoms with E-state index in [1.807, 2.05) is 0 Å². The average molecular weight is 661 g/mol. The van der Waals surface area contributed by atoms with Gasteiger partial charge >= 0.3 is 22.7 Å². The fourth-order valence-electron chi connectivity index (χ4n) is 2.49. The summed E-state index contributed by atoms with van der Waals surface area (Å²) in [4.78, 5) is -5.18. The molecule has 8 nitrogen and oxygen atoms in total. The fraction of sp³-hybridized carbons (Fsp3) is 0.294. The van der Waals surface area contributed by atoms with E-state index < -0.39 is 95.7 Å². The number of sulfone groups is 2. The highest BCUT2D eigenvalue weighted by Gasteiger charge is 2.74. The highest BCUT2D eigenvalue weighted by molar-refractivity contribution is 8.08. The fourth-order valence-corrected chi connectivity index (χ4v) is 8.31. The van der Waals surface area contributed by atoms with E-state index >= 15 is 0 Å². The van der Waals surface area contributed by atoms with Crippen molar-refractivity contribution < 1.29 is 78.4 Å². The van der Waals surface area contributed by atoms with Crippen LogP contribution >= 0.6 is 11.8 Å². The minimum Gasteiger partial charge on any atom is -0.282 e. The number of alkyl halides is 8. The molecule has 220 valence electrons. The van der Waals surface area contributed by atoms with Gasteiger partial charge in [0.15, 0.2) is 14.9 Å². The molecule has 0 saturated heterocycles. The van der Waals surface area contributed by atoms with E-state index in [1.54, 1.807) is 0 Å². The van der Waals surface area contributed by atoms with Crippen LogP contribution in [-0.4, -0.2) is 57.6 Å². The lowest BCUT2D eigenvalue weighted by molar-refractivity contribution is -0.441. The standard InChI is InChI=1S/C17H10F10O8S4/c18-9-4-3-5-10(19)13(9)36-16(24,25)14(20,21)35-15(22,23)17(26,27)38(30,31)8-37(28,29)11-6-1-2-7-12(11)39(32,33)34/h1-7H,8H2,(H,32,33,34). The van der Waals surface area contributed by atoms with Crippen LogP contribution in [0.3, 0.4) is 0 Å². The highest BCUT2D eigenvalue weighted by Crippen LogP contribution is 2.53. The predicted octanol–water partition coefficient (Wildman–Crippen LogP) is 4.54. The summed E-state index contributed by atoms with van der Waals surface area (Å²) < 4.78 is 221. The zero-order chi connectivity index (χ0) is 30.5. The Hall–Kier alpha value is -2.14. The summed E-state index contributed by atoms with van der Waals surface area (Å²) >= 11 is -1.79. The van der Waals surface area contributed by atoms with Gasteiger partial charge in [-0.3, -0.25) is 4.55 Å². The summed E-state index contributed by atoms with van der Waals surface area (Å²) in [5.74, 6) is -3.82. The number of thioether (sulfide) groups is 1. The van der Waals surface area contributed by atoms with Gasteiger partial charge in [-0.05, 0) is 36.0 Å². The molecule has 2 rings (SSSR count). The minimum atomic E-state index is -7.25. The molecule has 0 radical (unpaired) electrons. The molecular formula is C17H10F10O8S4. The van der Waals surface area contributed by atoms with Crippen LogP contribution in [0.5, 0.6) is 0 Å². The molecule has 0 aliphatic rings. The maximum Gasteiger partial charge on any atom is 0.439 e.